The van der Waals surface area contributed by atoms with Crippen molar-refractivity contribution in [1.82, 2.24) is 9.78 Å². The van der Waals surface area contributed by atoms with Gasteiger partial charge in [0.05, 0.1) is 16.6 Å². The average molecular weight is 332 g/mol. The lowest BCUT2D eigenvalue weighted by molar-refractivity contribution is -0.117. The molecule has 0 aliphatic rings. The number of carbonyl (C=O) groups excluding carboxylic acids is 1. The fourth-order valence-electron chi connectivity index (χ4n) is 2.15. The van der Waals surface area contributed by atoms with Gasteiger partial charge in [0.15, 0.2) is 0 Å². The summed E-state index contributed by atoms with van der Waals surface area (Å²) in [7, 11) is 0. The van der Waals surface area contributed by atoms with Gasteiger partial charge in [-0.25, -0.2) is 9.07 Å². The molecule has 0 unspecified atom stereocenters. The van der Waals surface area contributed by atoms with Crippen LogP contribution in [0.3, 0.4) is 0 Å². The molecule has 0 spiro atoms. The molecule has 1 N–H and O–H groups in total. The minimum atomic E-state index is -0.572. The Balaban J connectivity index is 1.81. The van der Waals surface area contributed by atoms with E-state index in [1.807, 2.05) is 0 Å². The van der Waals surface area contributed by atoms with Crippen molar-refractivity contribution in [1.29, 1.82) is 0 Å². The lowest BCUT2D eigenvalue weighted by atomic mass is 10.2. The van der Waals surface area contributed by atoms with Crippen LogP contribution in [0.15, 0.2) is 53.5 Å². The monoisotopic (exact) mass is 331 g/mol. The van der Waals surface area contributed by atoms with E-state index in [9.17, 15) is 14.0 Å². The summed E-state index contributed by atoms with van der Waals surface area (Å²) in [5, 5.41) is 7.62. The van der Waals surface area contributed by atoms with Crippen LogP contribution < -0.4 is 10.9 Å². The molecule has 1 amide bonds. The fraction of sp³-hybridized carbons (Fsp3) is 0.0625. The molecule has 3 rings (SSSR count). The zero-order valence-electron chi connectivity index (χ0n) is 11.8. The summed E-state index contributed by atoms with van der Waals surface area (Å²) in [5.74, 6) is -1.03. The highest BCUT2D eigenvalue weighted by molar-refractivity contribution is 6.31. The topological polar surface area (TPSA) is 64.0 Å². The number of halogens is 2. The molecular weight excluding hydrogens is 321 g/mol. The van der Waals surface area contributed by atoms with Crippen molar-refractivity contribution in [3.8, 4) is 0 Å². The van der Waals surface area contributed by atoms with Gasteiger partial charge in [-0.05, 0) is 24.3 Å². The van der Waals surface area contributed by atoms with Crippen molar-refractivity contribution in [2.24, 2.45) is 0 Å². The van der Waals surface area contributed by atoms with E-state index in [0.717, 1.165) is 10.7 Å². The zero-order valence-corrected chi connectivity index (χ0v) is 12.5. The van der Waals surface area contributed by atoms with E-state index in [0.29, 0.717) is 16.5 Å². The van der Waals surface area contributed by atoms with Crippen molar-refractivity contribution in [3.63, 3.8) is 0 Å². The van der Waals surface area contributed by atoms with Crippen LogP contribution in [-0.4, -0.2) is 15.7 Å². The highest BCUT2D eigenvalue weighted by Crippen LogP contribution is 2.19. The molecule has 0 bridgehead atoms. The van der Waals surface area contributed by atoms with Crippen molar-refractivity contribution >= 4 is 34.0 Å². The fourth-order valence-corrected chi connectivity index (χ4v) is 2.33. The molecule has 7 heteroatoms. The Hall–Kier alpha value is -2.73. The summed E-state index contributed by atoms with van der Waals surface area (Å²) in [6.45, 7) is -0.251. The van der Waals surface area contributed by atoms with E-state index in [2.05, 4.69) is 10.4 Å². The van der Waals surface area contributed by atoms with Crippen LogP contribution in [0, 0.1) is 5.82 Å². The van der Waals surface area contributed by atoms with Gasteiger partial charge in [0.1, 0.15) is 12.4 Å². The number of nitrogens with zero attached hydrogens (tertiary/aromatic N) is 2. The second kappa shape index (κ2) is 6.18. The van der Waals surface area contributed by atoms with E-state index in [1.54, 1.807) is 24.3 Å². The molecule has 23 heavy (non-hydrogen) atoms. The molecule has 0 atom stereocenters. The number of hydrogen-bond donors (Lipinski definition) is 1. The van der Waals surface area contributed by atoms with Gasteiger partial charge < -0.3 is 5.32 Å². The Labute approximate surface area is 135 Å². The van der Waals surface area contributed by atoms with E-state index in [1.165, 1.54) is 18.3 Å². The Morgan fingerprint density at radius 2 is 2.04 bits per heavy atom. The van der Waals surface area contributed by atoms with Crippen LogP contribution >= 0.6 is 11.6 Å². The van der Waals surface area contributed by atoms with Crippen LogP contribution in [0.25, 0.3) is 10.8 Å². The lowest BCUT2D eigenvalue weighted by Crippen LogP contribution is -2.29. The third-order valence-corrected chi connectivity index (χ3v) is 3.55. The van der Waals surface area contributed by atoms with Gasteiger partial charge >= 0.3 is 0 Å². The minimum Gasteiger partial charge on any atom is -0.324 e. The number of anilines is 1. The van der Waals surface area contributed by atoms with E-state index in [-0.39, 0.29) is 17.1 Å². The standard InChI is InChI=1S/C16H11ClFN3O2/c17-13-7-11(5-6-14(13)18)20-15(22)9-21-16(23)12-4-2-1-3-10(12)8-19-21/h1-8H,9H2,(H,20,22). The zero-order chi connectivity index (χ0) is 16.4. The van der Waals surface area contributed by atoms with Gasteiger partial charge in [0.2, 0.25) is 5.91 Å². The van der Waals surface area contributed by atoms with Crippen LogP contribution in [0.5, 0.6) is 0 Å². The first kappa shape index (κ1) is 15.2. The second-order valence-electron chi connectivity index (χ2n) is 4.87. The van der Waals surface area contributed by atoms with Crippen molar-refractivity contribution in [2.45, 2.75) is 6.54 Å². The van der Waals surface area contributed by atoms with Gasteiger partial charge in [0.25, 0.3) is 5.56 Å². The maximum atomic E-state index is 13.1. The van der Waals surface area contributed by atoms with Gasteiger partial charge in [-0.3, -0.25) is 9.59 Å². The van der Waals surface area contributed by atoms with Crippen molar-refractivity contribution in [3.05, 3.63) is 69.9 Å². The number of rotatable bonds is 3. The number of hydrogen-bond acceptors (Lipinski definition) is 3. The quantitative estimate of drug-likeness (QED) is 0.802. The molecule has 0 saturated heterocycles. The molecular formula is C16H11ClFN3O2. The Kier molecular flexibility index (Phi) is 4.08. The predicted octanol–water partition coefficient (Wildman–Crippen LogP) is 2.83. The summed E-state index contributed by atoms with van der Waals surface area (Å²) < 4.78 is 14.2. The molecule has 0 aliphatic heterocycles. The van der Waals surface area contributed by atoms with Crippen LogP contribution in [0.1, 0.15) is 0 Å². The molecule has 0 fully saturated rings. The summed E-state index contributed by atoms with van der Waals surface area (Å²) >= 11 is 5.65. The summed E-state index contributed by atoms with van der Waals surface area (Å²) in [6, 6.07) is 10.8. The molecule has 0 aliphatic carbocycles. The van der Waals surface area contributed by atoms with E-state index < -0.39 is 11.7 Å². The first-order chi connectivity index (χ1) is 11.0. The molecule has 0 saturated carbocycles. The molecule has 2 aromatic carbocycles. The normalized spacial score (nSPS) is 10.7. The number of carbonyl (C=O) groups is 1. The highest BCUT2D eigenvalue weighted by atomic mass is 35.5. The Morgan fingerprint density at radius 3 is 2.83 bits per heavy atom. The maximum absolute atomic E-state index is 13.1. The van der Waals surface area contributed by atoms with Gasteiger partial charge in [-0.1, -0.05) is 29.8 Å². The van der Waals surface area contributed by atoms with E-state index >= 15 is 0 Å². The lowest BCUT2D eigenvalue weighted by Gasteiger charge is -2.08. The molecule has 3 aromatic rings. The number of nitrogens with one attached hydrogen (secondary N) is 1. The molecule has 5 nitrogen and oxygen atoms in total. The number of amides is 1. The third-order valence-electron chi connectivity index (χ3n) is 3.26. The second-order valence-corrected chi connectivity index (χ2v) is 5.28. The SMILES string of the molecule is O=C(Cn1ncc2ccccc2c1=O)Nc1ccc(F)c(Cl)c1. The predicted molar refractivity (Wildman–Crippen MR) is 86.0 cm³/mol. The van der Waals surface area contributed by atoms with Crippen LogP contribution in [0.4, 0.5) is 10.1 Å². The van der Waals surface area contributed by atoms with Crippen LogP contribution in [0.2, 0.25) is 5.02 Å². The molecule has 0 radical (unpaired) electrons. The first-order valence-corrected chi connectivity index (χ1v) is 7.12. The minimum absolute atomic E-state index is 0.0937. The summed E-state index contributed by atoms with van der Waals surface area (Å²) in [5.41, 5.74) is -0.00868. The maximum Gasteiger partial charge on any atom is 0.275 e. The molecule has 116 valence electrons. The van der Waals surface area contributed by atoms with Gasteiger partial charge in [-0.2, -0.15) is 5.10 Å². The summed E-state index contributed by atoms with van der Waals surface area (Å²) in [4.78, 5) is 24.3. The number of aromatic nitrogens is 2. The number of fused-ring (bicyclic) bond motifs is 1. The van der Waals surface area contributed by atoms with Gasteiger partial charge in [-0.15, -0.1) is 0 Å². The number of benzene rings is 2. The molecule has 1 heterocycles. The van der Waals surface area contributed by atoms with Gasteiger partial charge in [0, 0.05) is 11.1 Å². The first-order valence-electron chi connectivity index (χ1n) is 6.74. The van der Waals surface area contributed by atoms with E-state index in [4.69, 9.17) is 11.6 Å². The Bertz CT molecular complexity index is 955. The van der Waals surface area contributed by atoms with Crippen molar-refractivity contribution < 1.29 is 9.18 Å². The third kappa shape index (κ3) is 3.22. The van der Waals surface area contributed by atoms with Crippen LogP contribution in [-0.2, 0) is 11.3 Å². The van der Waals surface area contributed by atoms with Crippen molar-refractivity contribution in [2.75, 3.05) is 5.32 Å². The smallest absolute Gasteiger partial charge is 0.275 e. The summed E-state index contributed by atoms with van der Waals surface area (Å²) in [6.07, 6.45) is 1.53. The largest absolute Gasteiger partial charge is 0.324 e. The highest BCUT2D eigenvalue weighted by Gasteiger charge is 2.09. The Morgan fingerprint density at radius 1 is 1.26 bits per heavy atom. The average Bonchev–Trinajstić information content (AvgIpc) is 2.54. The molecule has 1 aromatic heterocycles.